The molecule has 1 aliphatic rings. The highest BCUT2D eigenvalue weighted by Gasteiger charge is 2.28. The fourth-order valence-corrected chi connectivity index (χ4v) is 2.17. The van der Waals surface area contributed by atoms with E-state index in [4.69, 9.17) is 15.6 Å². The van der Waals surface area contributed by atoms with Crippen LogP contribution < -0.4 is 5.73 Å². The summed E-state index contributed by atoms with van der Waals surface area (Å²) >= 11 is 0. The number of carbonyl (C=O) groups is 1. The second-order valence-electron chi connectivity index (χ2n) is 5.63. The first kappa shape index (κ1) is 14.3. The molecule has 1 amide bonds. The minimum Gasteiger partial charge on any atom is -0.465 e. The maximum Gasteiger partial charge on any atom is 0.407 e. The zero-order valence-corrected chi connectivity index (χ0v) is 11.0. The van der Waals surface area contributed by atoms with Gasteiger partial charge in [-0.05, 0) is 39.0 Å². The fourth-order valence-electron chi connectivity index (χ4n) is 2.17. The van der Waals surface area contributed by atoms with Gasteiger partial charge < -0.3 is 20.5 Å². The first-order valence-electron chi connectivity index (χ1n) is 6.14. The summed E-state index contributed by atoms with van der Waals surface area (Å²) in [4.78, 5) is 11.9. The number of nitrogens with zero attached hydrogens (tertiary/aromatic N) is 1. The van der Waals surface area contributed by atoms with E-state index in [2.05, 4.69) is 13.8 Å². The Hall–Kier alpha value is -0.810. The van der Waals surface area contributed by atoms with Gasteiger partial charge in [0.05, 0.1) is 12.2 Å². The number of amides is 1. The van der Waals surface area contributed by atoms with E-state index in [1.165, 1.54) is 4.90 Å². The highest BCUT2D eigenvalue weighted by atomic mass is 16.5. The molecule has 0 bridgehead atoms. The van der Waals surface area contributed by atoms with Crippen molar-refractivity contribution >= 4 is 6.09 Å². The zero-order chi connectivity index (χ0) is 13.1. The second-order valence-corrected chi connectivity index (χ2v) is 5.63. The molecule has 1 heterocycles. The van der Waals surface area contributed by atoms with Crippen LogP contribution in [0.4, 0.5) is 4.79 Å². The Morgan fingerprint density at radius 1 is 1.65 bits per heavy atom. The summed E-state index contributed by atoms with van der Waals surface area (Å²) < 4.78 is 5.75. The average Bonchev–Trinajstić information content (AvgIpc) is 2.21. The van der Waals surface area contributed by atoms with Crippen LogP contribution in [0.5, 0.6) is 0 Å². The van der Waals surface area contributed by atoms with Gasteiger partial charge in [0.1, 0.15) is 0 Å². The van der Waals surface area contributed by atoms with Crippen molar-refractivity contribution in [3.63, 3.8) is 0 Å². The van der Waals surface area contributed by atoms with Gasteiger partial charge in [-0.1, -0.05) is 0 Å². The van der Waals surface area contributed by atoms with Crippen LogP contribution >= 0.6 is 0 Å². The van der Waals surface area contributed by atoms with Crippen LogP contribution in [0, 0.1) is 5.92 Å². The van der Waals surface area contributed by atoms with Crippen molar-refractivity contribution in [2.75, 3.05) is 20.2 Å². The molecule has 0 unspecified atom stereocenters. The maximum atomic E-state index is 10.7. The van der Waals surface area contributed by atoms with E-state index in [-0.39, 0.29) is 11.6 Å². The van der Waals surface area contributed by atoms with E-state index in [0.717, 1.165) is 25.9 Å². The lowest BCUT2D eigenvalue weighted by Gasteiger charge is -2.36. The summed E-state index contributed by atoms with van der Waals surface area (Å²) in [7, 11) is 1.54. The predicted molar refractivity (Wildman–Crippen MR) is 66.0 cm³/mol. The van der Waals surface area contributed by atoms with Crippen LogP contribution in [0.2, 0.25) is 0 Å². The van der Waals surface area contributed by atoms with Crippen molar-refractivity contribution in [1.29, 1.82) is 0 Å². The maximum absolute atomic E-state index is 10.7. The fraction of sp³-hybridized carbons (Fsp3) is 0.917. The molecule has 0 radical (unpaired) electrons. The van der Waals surface area contributed by atoms with Gasteiger partial charge in [-0.2, -0.15) is 0 Å². The highest BCUT2D eigenvalue weighted by molar-refractivity contribution is 5.64. The third-order valence-electron chi connectivity index (χ3n) is 3.34. The van der Waals surface area contributed by atoms with Crippen molar-refractivity contribution in [2.24, 2.45) is 11.7 Å². The molecule has 0 aliphatic carbocycles. The highest BCUT2D eigenvalue weighted by Crippen LogP contribution is 2.29. The lowest BCUT2D eigenvalue weighted by atomic mass is 9.88. The predicted octanol–water partition coefficient (Wildman–Crippen LogP) is 1.52. The van der Waals surface area contributed by atoms with Crippen molar-refractivity contribution in [3.05, 3.63) is 0 Å². The van der Waals surface area contributed by atoms with Crippen LogP contribution in [-0.4, -0.2) is 47.9 Å². The third kappa shape index (κ3) is 4.91. The number of hydrogen-bond acceptors (Lipinski definition) is 3. The Kier molecular flexibility index (Phi) is 4.77. The molecule has 0 spiro atoms. The molecule has 0 aromatic rings. The molecule has 1 fully saturated rings. The Morgan fingerprint density at radius 2 is 2.29 bits per heavy atom. The molecule has 0 aromatic carbocycles. The largest absolute Gasteiger partial charge is 0.465 e. The molecule has 1 rings (SSSR count). The van der Waals surface area contributed by atoms with Crippen LogP contribution in [0.1, 0.15) is 33.1 Å². The lowest BCUT2D eigenvalue weighted by molar-refractivity contribution is -0.0790. The van der Waals surface area contributed by atoms with E-state index in [1.54, 1.807) is 7.05 Å². The van der Waals surface area contributed by atoms with Crippen molar-refractivity contribution < 1.29 is 14.6 Å². The van der Waals surface area contributed by atoms with Gasteiger partial charge in [0, 0.05) is 19.6 Å². The molecule has 1 saturated heterocycles. The van der Waals surface area contributed by atoms with Crippen LogP contribution in [0.15, 0.2) is 0 Å². The van der Waals surface area contributed by atoms with Gasteiger partial charge in [0.25, 0.3) is 0 Å². The second kappa shape index (κ2) is 5.69. The number of carboxylic acid groups (broad SMARTS) is 1. The molecular formula is C12H24N2O3. The number of ether oxygens (including phenoxy) is 1. The van der Waals surface area contributed by atoms with E-state index in [9.17, 15) is 4.79 Å². The van der Waals surface area contributed by atoms with Crippen LogP contribution in [0.25, 0.3) is 0 Å². The van der Waals surface area contributed by atoms with Gasteiger partial charge in [0.15, 0.2) is 0 Å². The summed E-state index contributed by atoms with van der Waals surface area (Å²) in [6.45, 7) is 5.31. The Labute approximate surface area is 103 Å². The summed E-state index contributed by atoms with van der Waals surface area (Å²) in [5.41, 5.74) is 5.93. The SMILES string of the molecule is CN(C[C@H](N)C[C@H]1CCC(C)(C)OC1)C(=O)O. The number of likely N-dealkylation sites (N-methyl/N-ethyl adjacent to an activating group) is 1. The Balaban J connectivity index is 2.28. The van der Waals surface area contributed by atoms with Gasteiger partial charge in [0.2, 0.25) is 0 Å². The summed E-state index contributed by atoms with van der Waals surface area (Å²) in [6, 6.07) is -0.106. The zero-order valence-electron chi connectivity index (χ0n) is 11.0. The molecule has 0 aromatic heterocycles. The monoisotopic (exact) mass is 244 g/mol. The topological polar surface area (TPSA) is 75.8 Å². The molecule has 17 heavy (non-hydrogen) atoms. The first-order chi connectivity index (χ1) is 7.80. The quantitative estimate of drug-likeness (QED) is 0.786. The van der Waals surface area contributed by atoms with Gasteiger partial charge in [-0.3, -0.25) is 0 Å². The Bertz CT molecular complexity index is 258. The van der Waals surface area contributed by atoms with Crippen molar-refractivity contribution in [1.82, 2.24) is 4.90 Å². The average molecular weight is 244 g/mol. The molecule has 1 aliphatic heterocycles. The van der Waals surface area contributed by atoms with Crippen LogP contribution in [0.3, 0.4) is 0 Å². The van der Waals surface area contributed by atoms with Crippen LogP contribution in [-0.2, 0) is 4.74 Å². The van der Waals surface area contributed by atoms with E-state index in [1.807, 2.05) is 0 Å². The summed E-state index contributed by atoms with van der Waals surface area (Å²) in [5, 5.41) is 8.75. The summed E-state index contributed by atoms with van der Waals surface area (Å²) in [5.74, 6) is 0.459. The van der Waals surface area contributed by atoms with Crippen molar-refractivity contribution in [2.45, 2.75) is 44.8 Å². The minimum absolute atomic E-state index is 0.0154. The Morgan fingerprint density at radius 3 is 2.76 bits per heavy atom. The third-order valence-corrected chi connectivity index (χ3v) is 3.34. The van der Waals surface area contributed by atoms with Crippen molar-refractivity contribution in [3.8, 4) is 0 Å². The van der Waals surface area contributed by atoms with E-state index in [0.29, 0.717) is 12.5 Å². The molecule has 100 valence electrons. The number of hydrogen-bond donors (Lipinski definition) is 2. The summed E-state index contributed by atoms with van der Waals surface area (Å²) in [6.07, 6.45) is 2.05. The molecule has 0 saturated carbocycles. The molecule has 5 nitrogen and oxygen atoms in total. The van der Waals surface area contributed by atoms with Gasteiger partial charge in [-0.25, -0.2) is 4.79 Å². The van der Waals surface area contributed by atoms with Gasteiger partial charge >= 0.3 is 6.09 Å². The number of nitrogens with two attached hydrogens (primary N) is 1. The smallest absolute Gasteiger partial charge is 0.407 e. The molecule has 5 heteroatoms. The molecular weight excluding hydrogens is 220 g/mol. The lowest BCUT2D eigenvalue weighted by Crippen LogP contribution is -2.41. The van der Waals surface area contributed by atoms with E-state index >= 15 is 0 Å². The molecule has 2 atom stereocenters. The normalized spacial score (nSPS) is 25.3. The number of rotatable bonds is 4. The standard InChI is InChI=1S/C12H24N2O3/c1-12(2)5-4-9(8-17-12)6-10(13)7-14(3)11(15)16/h9-10H,4-8,13H2,1-3H3,(H,15,16)/t9-,10-/m1/s1. The van der Waals surface area contributed by atoms with E-state index < -0.39 is 6.09 Å². The van der Waals surface area contributed by atoms with Gasteiger partial charge in [-0.15, -0.1) is 0 Å². The molecule has 3 N–H and O–H groups in total. The minimum atomic E-state index is -0.929. The first-order valence-corrected chi connectivity index (χ1v) is 6.14.